The summed E-state index contributed by atoms with van der Waals surface area (Å²) >= 11 is 0. The van der Waals surface area contributed by atoms with Gasteiger partial charge in [0.2, 0.25) is 5.91 Å². The Bertz CT molecular complexity index is 896. The molecule has 29 heavy (non-hydrogen) atoms. The van der Waals surface area contributed by atoms with Crippen molar-refractivity contribution in [1.29, 1.82) is 0 Å². The van der Waals surface area contributed by atoms with E-state index < -0.39 is 24.5 Å². The Labute approximate surface area is 167 Å². The van der Waals surface area contributed by atoms with Gasteiger partial charge >= 0.3 is 12.0 Å². The van der Waals surface area contributed by atoms with Crippen LogP contribution in [-0.4, -0.2) is 37.0 Å². The van der Waals surface area contributed by atoms with Crippen molar-refractivity contribution in [3.63, 3.8) is 0 Å². The van der Waals surface area contributed by atoms with E-state index in [0.717, 1.165) is 5.56 Å². The molecule has 2 aromatic rings. The molecule has 8 nitrogen and oxygen atoms in total. The van der Waals surface area contributed by atoms with Gasteiger partial charge in [-0.3, -0.25) is 14.9 Å². The van der Waals surface area contributed by atoms with Gasteiger partial charge < -0.3 is 15.4 Å². The van der Waals surface area contributed by atoms with Crippen LogP contribution in [0.2, 0.25) is 0 Å². The number of imide groups is 1. The van der Waals surface area contributed by atoms with E-state index in [1.807, 2.05) is 35.6 Å². The standard InChI is InChI=1S/C21H21N3O5/c1-2-12-22-21(28)24-19(26)14-29-20(27)16-10-6-7-11-17(16)23-18(25)13-15-8-4-3-5-9-15/h2-11H,1,12-14H2,(H,23,25)(H2,22,24,26,28). The third kappa shape index (κ3) is 7.30. The number of anilines is 1. The topological polar surface area (TPSA) is 114 Å². The lowest BCUT2D eigenvalue weighted by atomic mass is 10.1. The lowest BCUT2D eigenvalue weighted by Crippen LogP contribution is -2.41. The maximum atomic E-state index is 12.3. The molecule has 0 saturated carbocycles. The maximum absolute atomic E-state index is 12.3. The van der Waals surface area contributed by atoms with Crippen LogP contribution in [0.3, 0.4) is 0 Å². The summed E-state index contributed by atoms with van der Waals surface area (Å²) in [5.74, 6) is -1.89. The number of amides is 4. The van der Waals surface area contributed by atoms with Crippen molar-refractivity contribution < 1.29 is 23.9 Å². The maximum Gasteiger partial charge on any atom is 0.340 e. The molecule has 0 radical (unpaired) electrons. The fraction of sp³-hybridized carbons (Fsp3) is 0.143. The quantitative estimate of drug-likeness (QED) is 0.468. The van der Waals surface area contributed by atoms with Crippen molar-refractivity contribution in [2.75, 3.05) is 18.5 Å². The predicted octanol–water partition coefficient (Wildman–Crippen LogP) is 2.04. The molecule has 0 heterocycles. The molecular weight excluding hydrogens is 374 g/mol. The number of hydrogen-bond donors (Lipinski definition) is 3. The summed E-state index contributed by atoms with van der Waals surface area (Å²) in [5.41, 5.74) is 1.19. The van der Waals surface area contributed by atoms with Gasteiger partial charge in [-0.1, -0.05) is 48.5 Å². The molecule has 2 aromatic carbocycles. The number of hydrogen-bond acceptors (Lipinski definition) is 5. The highest BCUT2D eigenvalue weighted by atomic mass is 16.5. The minimum atomic E-state index is -0.803. The van der Waals surface area contributed by atoms with Crippen molar-refractivity contribution in [3.8, 4) is 0 Å². The highest BCUT2D eigenvalue weighted by Gasteiger charge is 2.16. The van der Waals surface area contributed by atoms with Gasteiger partial charge in [-0.25, -0.2) is 9.59 Å². The largest absolute Gasteiger partial charge is 0.452 e. The van der Waals surface area contributed by atoms with Crippen LogP contribution in [0.1, 0.15) is 15.9 Å². The zero-order chi connectivity index (χ0) is 21.1. The van der Waals surface area contributed by atoms with E-state index in [1.165, 1.54) is 12.1 Å². The van der Waals surface area contributed by atoms with Crippen LogP contribution in [0.15, 0.2) is 67.3 Å². The van der Waals surface area contributed by atoms with Gasteiger partial charge in [-0.05, 0) is 17.7 Å². The van der Waals surface area contributed by atoms with Gasteiger partial charge in [0, 0.05) is 6.54 Å². The Kier molecular flexibility index (Phi) is 8.12. The van der Waals surface area contributed by atoms with E-state index in [9.17, 15) is 19.2 Å². The molecule has 0 aliphatic heterocycles. The van der Waals surface area contributed by atoms with Gasteiger partial charge in [0.25, 0.3) is 5.91 Å². The highest BCUT2D eigenvalue weighted by Crippen LogP contribution is 2.17. The van der Waals surface area contributed by atoms with E-state index >= 15 is 0 Å². The first-order valence-electron chi connectivity index (χ1n) is 8.78. The van der Waals surface area contributed by atoms with E-state index in [2.05, 4.69) is 17.2 Å². The number of carbonyl (C=O) groups excluding carboxylic acids is 4. The molecule has 0 spiro atoms. The first-order chi connectivity index (χ1) is 14.0. The summed E-state index contributed by atoms with van der Waals surface area (Å²) in [6.45, 7) is 2.97. The Balaban J connectivity index is 1.92. The van der Waals surface area contributed by atoms with Crippen LogP contribution in [0, 0.1) is 0 Å². The van der Waals surface area contributed by atoms with Crippen molar-refractivity contribution in [2.24, 2.45) is 0 Å². The number of para-hydroxylation sites is 1. The molecule has 0 fully saturated rings. The average molecular weight is 395 g/mol. The number of urea groups is 1. The van der Waals surface area contributed by atoms with E-state index in [0.29, 0.717) is 0 Å². The zero-order valence-electron chi connectivity index (χ0n) is 15.6. The number of rotatable bonds is 8. The van der Waals surface area contributed by atoms with Gasteiger partial charge in [0.15, 0.2) is 6.61 Å². The molecule has 0 atom stereocenters. The van der Waals surface area contributed by atoms with Crippen LogP contribution in [-0.2, 0) is 20.7 Å². The Hall–Kier alpha value is -3.94. The fourth-order valence-corrected chi connectivity index (χ4v) is 2.33. The Morgan fingerprint density at radius 1 is 0.931 bits per heavy atom. The molecule has 4 amide bonds. The summed E-state index contributed by atoms with van der Waals surface area (Å²) < 4.78 is 4.93. The van der Waals surface area contributed by atoms with Crippen LogP contribution in [0.25, 0.3) is 0 Å². The van der Waals surface area contributed by atoms with Gasteiger partial charge in [0.1, 0.15) is 0 Å². The first kappa shape index (κ1) is 21.4. The molecule has 3 N–H and O–H groups in total. The van der Waals surface area contributed by atoms with Gasteiger partial charge in [-0.2, -0.15) is 0 Å². The molecule has 0 unspecified atom stereocenters. The SMILES string of the molecule is C=CCNC(=O)NC(=O)COC(=O)c1ccccc1NC(=O)Cc1ccccc1. The third-order valence-corrected chi connectivity index (χ3v) is 3.62. The molecule has 150 valence electrons. The fourth-order valence-electron chi connectivity index (χ4n) is 2.33. The molecule has 8 heteroatoms. The summed E-state index contributed by atoms with van der Waals surface area (Å²) in [6, 6.07) is 14.7. The van der Waals surface area contributed by atoms with Crippen molar-refractivity contribution in [3.05, 3.63) is 78.4 Å². The number of carbonyl (C=O) groups is 4. The zero-order valence-corrected chi connectivity index (χ0v) is 15.6. The Morgan fingerprint density at radius 2 is 1.62 bits per heavy atom. The molecule has 0 saturated heterocycles. The van der Waals surface area contributed by atoms with Crippen LogP contribution in [0.5, 0.6) is 0 Å². The third-order valence-electron chi connectivity index (χ3n) is 3.62. The predicted molar refractivity (Wildman–Crippen MR) is 107 cm³/mol. The van der Waals surface area contributed by atoms with Crippen LogP contribution >= 0.6 is 0 Å². The highest BCUT2D eigenvalue weighted by molar-refractivity contribution is 6.02. The van der Waals surface area contributed by atoms with Gasteiger partial charge in [-0.15, -0.1) is 6.58 Å². The summed E-state index contributed by atoms with van der Waals surface area (Å²) in [5, 5.41) is 7.04. The summed E-state index contributed by atoms with van der Waals surface area (Å²) in [6.07, 6.45) is 1.60. The molecule has 0 aliphatic rings. The van der Waals surface area contributed by atoms with E-state index in [1.54, 1.807) is 18.2 Å². The number of ether oxygens (including phenoxy) is 1. The number of esters is 1. The van der Waals surface area contributed by atoms with E-state index in [-0.39, 0.29) is 30.1 Å². The monoisotopic (exact) mass is 395 g/mol. The molecule has 0 aliphatic carbocycles. The second-order valence-corrected chi connectivity index (χ2v) is 5.88. The minimum absolute atomic E-state index is 0.0952. The number of nitrogens with one attached hydrogen (secondary N) is 3. The molecule has 2 rings (SSSR count). The van der Waals surface area contributed by atoms with Crippen molar-refractivity contribution in [1.82, 2.24) is 10.6 Å². The lowest BCUT2D eigenvalue weighted by Gasteiger charge is -2.11. The Morgan fingerprint density at radius 3 is 2.34 bits per heavy atom. The second kappa shape index (κ2) is 11.0. The van der Waals surface area contributed by atoms with Crippen molar-refractivity contribution >= 4 is 29.5 Å². The minimum Gasteiger partial charge on any atom is -0.452 e. The molecule has 0 aromatic heterocycles. The molecule has 0 bridgehead atoms. The first-order valence-corrected chi connectivity index (χ1v) is 8.78. The lowest BCUT2D eigenvalue weighted by molar-refractivity contribution is -0.123. The van der Waals surface area contributed by atoms with Crippen LogP contribution < -0.4 is 16.0 Å². The summed E-state index contributed by atoms with van der Waals surface area (Å²) in [7, 11) is 0. The smallest absolute Gasteiger partial charge is 0.340 e. The van der Waals surface area contributed by atoms with Crippen LogP contribution in [0.4, 0.5) is 10.5 Å². The van der Waals surface area contributed by atoms with Crippen molar-refractivity contribution in [2.45, 2.75) is 6.42 Å². The summed E-state index contributed by atoms with van der Waals surface area (Å²) in [4.78, 5) is 47.6. The second-order valence-electron chi connectivity index (χ2n) is 5.88. The van der Waals surface area contributed by atoms with E-state index in [4.69, 9.17) is 4.74 Å². The normalized spacial score (nSPS) is 9.79. The number of benzene rings is 2. The molecular formula is C21H21N3O5. The average Bonchev–Trinajstić information content (AvgIpc) is 2.71. The van der Waals surface area contributed by atoms with Gasteiger partial charge in [0.05, 0.1) is 17.7 Å².